The van der Waals surface area contributed by atoms with Crippen molar-refractivity contribution in [3.8, 4) is 0 Å². The molecule has 0 aromatic heterocycles. The topological polar surface area (TPSA) is 92.8 Å². The van der Waals surface area contributed by atoms with Gasteiger partial charge in [0, 0.05) is 5.69 Å². The minimum Gasteiger partial charge on any atom is -0.451 e. The average molecular weight is 380 g/mol. The molecule has 3 amide bonds. The predicted octanol–water partition coefficient (Wildman–Crippen LogP) is 2.55. The summed E-state index contributed by atoms with van der Waals surface area (Å²) >= 11 is 0. The molecule has 3 rings (SSSR count). The summed E-state index contributed by atoms with van der Waals surface area (Å²) < 4.78 is 5.18. The van der Waals surface area contributed by atoms with Gasteiger partial charge in [0.05, 0.1) is 11.1 Å². The van der Waals surface area contributed by atoms with E-state index in [0.29, 0.717) is 5.69 Å². The van der Waals surface area contributed by atoms with Gasteiger partial charge in [-0.25, -0.2) is 4.79 Å². The molecule has 7 nitrogen and oxygen atoms in total. The van der Waals surface area contributed by atoms with E-state index in [2.05, 4.69) is 5.32 Å². The zero-order valence-corrected chi connectivity index (χ0v) is 15.8. The molecule has 2 aromatic rings. The molecule has 1 heterocycles. The number of aryl methyl sites for hydroxylation is 1. The molecule has 2 aromatic carbocycles. The number of fused-ring (bicyclic) bond motifs is 1. The lowest BCUT2D eigenvalue weighted by Gasteiger charge is -2.22. The first kappa shape index (κ1) is 19.3. The zero-order valence-electron chi connectivity index (χ0n) is 15.8. The second-order valence-corrected chi connectivity index (χ2v) is 6.64. The van der Waals surface area contributed by atoms with Crippen molar-refractivity contribution in [3.05, 3.63) is 65.2 Å². The molecule has 0 radical (unpaired) electrons. The fourth-order valence-corrected chi connectivity index (χ4v) is 2.87. The number of imide groups is 1. The predicted molar refractivity (Wildman–Crippen MR) is 102 cm³/mol. The maximum absolute atomic E-state index is 12.5. The number of nitrogens with one attached hydrogen (secondary N) is 1. The molecule has 1 N–H and O–H groups in total. The van der Waals surface area contributed by atoms with Crippen LogP contribution in [0, 0.1) is 6.92 Å². The van der Waals surface area contributed by atoms with E-state index in [0.717, 1.165) is 10.5 Å². The van der Waals surface area contributed by atoms with E-state index in [9.17, 15) is 19.2 Å². The monoisotopic (exact) mass is 380 g/mol. The molecule has 0 saturated carbocycles. The van der Waals surface area contributed by atoms with E-state index in [-0.39, 0.29) is 11.1 Å². The van der Waals surface area contributed by atoms with Gasteiger partial charge in [0.25, 0.3) is 17.7 Å². The lowest BCUT2D eigenvalue weighted by molar-refractivity contribution is -0.156. The molecule has 0 aliphatic carbocycles. The van der Waals surface area contributed by atoms with E-state index in [1.807, 2.05) is 19.1 Å². The number of carbonyl (C=O) groups excluding carboxylic acids is 4. The van der Waals surface area contributed by atoms with Crippen LogP contribution in [0.15, 0.2) is 48.5 Å². The Kier molecular flexibility index (Phi) is 5.26. The summed E-state index contributed by atoms with van der Waals surface area (Å²) in [5.74, 6) is -2.45. The molecule has 7 heteroatoms. The second kappa shape index (κ2) is 7.64. The van der Waals surface area contributed by atoms with Crippen molar-refractivity contribution in [1.82, 2.24) is 4.90 Å². The molecule has 0 bridgehead atoms. The molecule has 2 atom stereocenters. The molecular weight excluding hydrogens is 360 g/mol. The minimum atomic E-state index is -1.15. The first-order valence-electron chi connectivity index (χ1n) is 8.84. The van der Waals surface area contributed by atoms with Crippen LogP contribution in [0.3, 0.4) is 0 Å². The van der Waals surface area contributed by atoms with Gasteiger partial charge in [-0.05, 0) is 45.0 Å². The number of esters is 1. The average Bonchev–Trinajstić information content (AvgIpc) is 2.93. The number of carbonyl (C=O) groups is 4. The first-order valence-corrected chi connectivity index (χ1v) is 8.84. The number of benzene rings is 2. The summed E-state index contributed by atoms with van der Waals surface area (Å²) in [5, 5.41) is 2.65. The van der Waals surface area contributed by atoms with Crippen LogP contribution in [-0.2, 0) is 14.3 Å². The third kappa shape index (κ3) is 3.64. The van der Waals surface area contributed by atoms with Crippen LogP contribution in [0.2, 0.25) is 0 Å². The van der Waals surface area contributed by atoms with E-state index in [4.69, 9.17) is 4.74 Å². The van der Waals surface area contributed by atoms with Crippen molar-refractivity contribution in [2.24, 2.45) is 0 Å². The molecule has 0 spiro atoms. The fraction of sp³-hybridized carbons (Fsp3) is 0.238. The number of rotatable bonds is 5. The van der Waals surface area contributed by atoms with Crippen molar-refractivity contribution in [1.29, 1.82) is 0 Å². The smallest absolute Gasteiger partial charge is 0.329 e. The summed E-state index contributed by atoms with van der Waals surface area (Å²) in [4.78, 5) is 50.5. The second-order valence-electron chi connectivity index (χ2n) is 6.64. The van der Waals surface area contributed by atoms with Gasteiger partial charge in [0.15, 0.2) is 6.10 Å². The molecule has 0 unspecified atom stereocenters. The van der Waals surface area contributed by atoms with Crippen molar-refractivity contribution >= 4 is 29.4 Å². The summed E-state index contributed by atoms with van der Waals surface area (Å²) in [5.41, 5.74) is 2.12. The van der Waals surface area contributed by atoms with Gasteiger partial charge in [-0.1, -0.05) is 29.8 Å². The Hall–Kier alpha value is -3.48. The van der Waals surface area contributed by atoms with Crippen molar-refractivity contribution in [3.63, 3.8) is 0 Å². The van der Waals surface area contributed by atoms with E-state index >= 15 is 0 Å². The molecule has 28 heavy (non-hydrogen) atoms. The van der Waals surface area contributed by atoms with Crippen LogP contribution >= 0.6 is 0 Å². The number of anilines is 1. The van der Waals surface area contributed by atoms with Gasteiger partial charge in [0.2, 0.25) is 0 Å². The van der Waals surface area contributed by atoms with Gasteiger partial charge in [0.1, 0.15) is 6.04 Å². The molecule has 1 aliphatic rings. The lowest BCUT2D eigenvalue weighted by Crippen LogP contribution is -2.45. The first-order chi connectivity index (χ1) is 13.3. The molecular formula is C21H20N2O5. The Morgan fingerprint density at radius 2 is 1.46 bits per heavy atom. The third-order valence-electron chi connectivity index (χ3n) is 4.54. The number of amides is 3. The largest absolute Gasteiger partial charge is 0.451 e. The molecule has 1 aliphatic heterocycles. The van der Waals surface area contributed by atoms with Gasteiger partial charge < -0.3 is 10.1 Å². The van der Waals surface area contributed by atoms with Crippen molar-refractivity contribution in [2.75, 3.05) is 5.32 Å². The Morgan fingerprint density at radius 1 is 0.929 bits per heavy atom. The van der Waals surface area contributed by atoms with Crippen LogP contribution in [0.4, 0.5) is 5.69 Å². The number of ether oxygens (including phenoxy) is 1. The standard InChI is InChI=1S/C21H20N2O5/c1-12-8-10-15(11-9-12)22-18(24)14(3)28-21(27)13(2)23-19(25)16-6-4-5-7-17(16)20(23)26/h4-11,13-14H,1-3H3,(H,22,24)/t13-,14+/m1/s1. The zero-order chi connectivity index (χ0) is 20.4. The SMILES string of the molecule is Cc1ccc(NC(=O)[C@H](C)OC(=O)[C@@H](C)N2C(=O)c3ccccc3C2=O)cc1. The maximum atomic E-state index is 12.5. The van der Waals surface area contributed by atoms with Crippen LogP contribution in [0.25, 0.3) is 0 Å². The summed E-state index contributed by atoms with van der Waals surface area (Å²) in [6, 6.07) is 12.4. The molecule has 144 valence electrons. The van der Waals surface area contributed by atoms with Gasteiger partial charge in [-0.2, -0.15) is 0 Å². The Morgan fingerprint density at radius 3 is 2.00 bits per heavy atom. The molecule has 0 fully saturated rings. The van der Waals surface area contributed by atoms with Gasteiger partial charge in [-0.3, -0.25) is 19.3 Å². The van der Waals surface area contributed by atoms with Crippen LogP contribution in [0.1, 0.15) is 40.1 Å². The fourth-order valence-electron chi connectivity index (χ4n) is 2.87. The Balaban J connectivity index is 1.64. The van der Waals surface area contributed by atoms with Crippen molar-refractivity contribution < 1.29 is 23.9 Å². The van der Waals surface area contributed by atoms with Crippen LogP contribution < -0.4 is 5.32 Å². The summed E-state index contributed by atoms with van der Waals surface area (Å²) in [6.45, 7) is 4.75. The van der Waals surface area contributed by atoms with E-state index in [1.165, 1.54) is 26.0 Å². The molecule has 0 saturated heterocycles. The lowest BCUT2D eigenvalue weighted by atomic mass is 10.1. The Labute approximate surface area is 162 Å². The normalized spacial score (nSPS) is 15.0. The Bertz CT molecular complexity index is 917. The highest BCUT2D eigenvalue weighted by Gasteiger charge is 2.41. The number of hydrogen-bond donors (Lipinski definition) is 1. The summed E-state index contributed by atoms with van der Waals surface area (Å²) in [7, 11) is 0. The highest BCUT2D eigenvalue weighted by atomic mass is 16.5. The minimum absolute atomic E-state index is 0.248. The van der Waals surface area contributed by atoms with Gasteiger partial charge in [-0.15, -0.1) is 0 Å². The highest BCUT2D eigenvalue weighted by molar-refractivity contribution is 6.22. The van der Waals surface area contributed by atoms with Crippen LogP contribution in [-0.4, -0.2) is 40.7 Å². The van der Waals surface area contributed by atoms with Crippen LogP contribution in [0.5, 0.6) is 0 Å². The van der Waals surface area contributed by atoms with E-state index < -0.39 is 35.8 Å². The quantitative estimate of drug-likeness (QED) is 0.636. The number of nitrogens with zero attached hydrogens (tertiary/aromatic N) is 1. The number of hydrogen-bond acceptors (Lipinski definition) is 5. The third-order valence-corrected chi connectivity index (χ3v) is 4.54. The summed E-state index contributed by atoms with van der Waals surface area (Å²) in [6.07, 6.45) is -1.09. The van der Waals surface area contributed by atoms with Crippen molar-refractivity contribution in [2.45, 2.75) is 32.9 Å². The van der Waals surface area contributed by atoms with Gasteiger partial charge >= 0.3 is 5.97 Å². The maximum Gasteiger partial charge on any atom is 0.329 e. The van der Waals surface area contributed by atoms with E-state index in [1.54, 1.807) is 24.3 Å². The highest BCUT2D eigenvalue weighted by Crippen LogP contribution is 2.25.